The number of para-hydroxylation sites is 2. The van der Waals surface area contributed by atoms with Gasteiger partial charge in [-0.1, -0.05) is 42.5 Å². The molecule has 0 bridgehead atoms. The second-order valence-corrected chi connectivity index (χ2v) is 7.45. The highest BCUT2D eigenvalue weighted by Crippen LogP contribution is 2.28. The van der Waals surface area contributed by atoms with Gasteiger partial charge in [0.15, 0.2) is 5.58 Å². The lowest BCUT2D eigenvalue weighted by Gasteiger charge is -2.23. The summed E-state index contributed by atoms with van der Waals surface area (Å²) in [5, 5.41) is 3.11. The van der Waals surface area contributed by atoms with Gasteiger partial charge in [0.25, 0.3) is 6.01 Å². The molecule has 3 aromatic rings. The van der Waals surface area contributed by atoms with Crippen LogP contribution in [0.2, 0.25) is 0 Å². The molecule has 0 saturated carbocycles. The lowest BCUT2D eigenvalue weighted by molar-refractivity contribution is -0.121. The van der Waals surface area contributed by atoms with E-state index in [1.807, 2.05) is 30.3 Å². The summed E-state index contributed by atoms with van der Waals surface area (Å²) in [6.45, 7) is 1.57. The molecule has 1 fully saturated rings. The summed E-state index contributed by atoms with van der Waals surface area (Å²) in [6, 6.07) is 19.2. The van der Waals surface area contributed by atoms with E-state index in [4.69, 9.17) is 4.42 Å². The Bertz CT molecular complexity index is 873. The molecule has 5 heteroatoms. The van der Waals surface area contributed by atoms with Gasteiger partial charge in [0.1, 0.15) is 5.52 Å². The van der Waals surface area contributed by atoms with Crippen LogP contribution in [-0.2, 0) is 11.2 Å². The van der Waals surface area contributed by atoms with E-state index >= 15 is 0 Å². The summed E-state index contributed by atoms with van der Waals surface area (Å²) in [6.07, 6.45) is 5.71. The summed E-state index contributed by atoms with van der Waals surface area (Å²) in [5.74, 6) is 0.137. The molecule has 1 saturated heterocycles. The monoisotopic (exact) mass is 377 g/mol. The first-order valence-electron chi connectivity index (χ1n) is 10.2. The number of unbranched alkanes of at least 4 members (excludes halogenated alkanes) is 1. The second-order valence-electron chi connectivity index (χ2n) is 7.45. The molecule has 5 nitrogen and oxygen atoms in total. The van der Waals surface area contributed by atoms with Crippen LogP contribution in [0.1, 0.15) is 37.7 Å². The van der Waals surface area contributed by atoms with E-state index in [0.29, 0.717) is 19.0 Å². The topological polar surface area (TPSA) is 58.4 Å². The smallest absolute Gasteiger partial charge is 0.298 e. The van der Waals surface area contributed by atoms with Crippen molar-refractivity contribution < 1.29 is 9.21 Å². The fraction of sp³-hybridized carbons (Fsp3) is 0.391. The molecule has 1 atom stereocenters. The molecule has 4 rings (SSSR count). The molecule has 0 spiro atoms. The van der Waals surface area contributed by atoms with Gasteiger partial charge in [0, 0.05) is 19.5 Å². The van der Waals surface area contributed by atoms with Crippen LogP contribution >= 0.6 is 0 Å². The third-order valence-corrected chi connectivity index (χ3v) is 5.40. The van der Waals surface area contributed by atoms with Crippen molar-refractivity contribution in [2.24, 2.45) is 0 Å². The minimum atomic E-state index is 0.137. The van der Waals surface area contributed by atoms with Crippen LogP contribution in [0.3, 0.4) is 0 Å². The maximum absolute atomic E-state index is 12.2. The van der Waals surface area contributed by atoms with Gasteiger partial charge in [-0.3, -0.25) is 4.79 Å². The minimum absolute atomic E-state index is 0.137. The van der Waals surface area contributed by atoms with Crippen molar-refractivity contribution in [3.63, 3.8) is 0 Å². The normalized spacial score (nSPS) is 16.6. The summed E-state index contributed by atoms with van der Waals surface area (Å²) < 4.78 is 5.91. The van der Waals surface area contributed by atoms with Crippen molar-refractivity contribution in [3.05, 3.63) is 60.2 Å². The number of hydrogen-bond acceptors (Lipinski definition) is 4. The number of hydrogen-bond donors (Lipinski definition) is 1. The molecule has 2 heterocycles. The molecular weight excluding hydrogens is 350 g/mol. The van der Waals surface area contributed by atoms with Crippen molar-refractivity contribution in [2.45, 2.75) is 44.6 Å². The Kier molecular flexibility index (Phi) is 5.90. The summed E-state index contributed by atoms with van der Waals surface area (Å²) in [4.78, 5) is 19.0. The number of benzene rings is 2. The summed E-state index contributed by atoms with van der Waals surface area (Å²) in [5.41, 5.74) is 3.03. The minimum Gasteiger partial charge on any atom is -0.423 e. The number of carbonyl (C=O) groups excluding carboxylic acids is 1. The van der Waals surface area contributed by atoms with E-state index < -0.39 is 0 Å². The SMILES string of the molecule is O=C(CCCCc1ccccc1)NCC1CCCN1c1nc2ccccc2o1. The van der Waals surface area contributed by atoms with Crippen molar-refractivity contribution in [2.75, 3.05) is 18.0 Å². The number of aryl methyl sites for hydroxylation is 1. The first kappa shape index (κ1) is 18.5. The molecule has 1 amide bonds. The Balaban J connectivity index is 1.22. The zero-order valence-corrected chi connectivity index (χ0v) is 16.1. The van der Waals surface area contributed by atoms with Crippen LogP contribution in [0.5, 0.6) is 0 Å². The highest BCUT2D eigenvalue weighted by molar-refractivity contribution is 5.76. The third-order valence-electron chi connectivity index (χ3n) is 5.40. The standard InChI is InChI=1S/C23H27N3O2/c27-22(15-7-4-11-18-9-2-1-3-10-18)24-17-19-12-8-16-26(19)23-25-20-13-5-6-14-21(20)28-23/h1-3,5-6,9-10,13-14,19H,4,7-8,11-12,15-17H2,(H,24,27). The van der Waals surface area contributed by atoms with Gasteiger partial charge in [-0.15, -0.1) is 0 Å². The van der Waals surface area contributed by atoms with E-state index in [1.165, 1.54) is 5.56 Å². The number of amides is 1. The zero-order chi connectivity index (χ0) is 19.2. The van der Waals surface area contributed by atoms with Gasteiger partial charge in [0.2, 0.25) is 5.91 Å². The van der Waals surface area contributed by atoms with Crippen LogP contribution < -0.4 is 10.2 Å². The molecule has 0 radical (unpaired) electrons. The predicted molar refractivity (Wildman–Crippen MR) is 111 cm³/mol. The van der Waals surface area contributed by atoms with Gasteiger partial charge in [-0.25, -0.2) is 0 Å². The van der Waals surface area contributed by atoms with Gasteiger partial charge in [-0.05, 0) is 49.8 Å². The Labute approximate surface area is 165 Å². The summed E-state index contributed by atoms with van der Waals surface area (Å²) in [7, 11) is 0. The Hall–Kier alpha value is -2.82. The number of anilines is 1. The lowest BCUT2D eigenvalue weighted by Crippen LogP contribution is -2.40. The third kappa shape index (κ3) is 4.53. The van der Waals surface area contributed by atoms with Crippen molar-refractivity contribution in [1.29, 1.82) is 0 Å². The van der Waals surface area contributed by atoms with Gasteiger partial charge >= 0.3 is 0 Å². The van der Waals surface area contributed by atoms with Crippen LogP contribution in [0.15, 0.2) is 59.0 Å². The zero-order valence-electron chi connectivity index (χ0n) is 16.1. The molecule has 1 aliphatic heterocycles. The molecule has 1 aromatic heterocycles. The maximum atomic E-state index is 12.2. The summed E-state index contributed by atoms with van der Waals surface area (Å²) >= 11 is 0. The van der Waals surface area contributed by atoms with Crippen molar-refractivity contribution in [1.82, 2.24) is 10.3 Å². The molecule has 2 aromatic carbocycles. The molecule has 0 aliphatic carbocycles. The van der Waals surface area contributed by atoms with E-state index in [2.05, 4.69) is 39.5 Å². The number of aromatic nitrogens is 1. The van der Waals surface area contributed by atoms with E-state index in [0.717, 1.165) is 49.7 Å². The number of rotatable bonds is 8. The lowest BCUT2D eigenvalue weighted by atomic mass is 10.1. The number of nitrogens with one attached hydrogen (secondary N) is 1. The first-order valence-corrected chi connectivity index (χ1v) is 10.2. The predicted octanol–water partition coefficient (Wildman–Crippen LogP) is 4.33. The Morgan fingerprint density at radius 3 is 2.79 bits per heavy atom. The van der Waals surface area contributed by atoms with Crippen LogP contribution in [0, 0.1) is 0 Å². The van der Waals surface area contributed by atoms with Gasteiger partial charge in [-0.2, -0.15) is 4.98 Å². The fourth-order valence-electron chi connectivity index (χ4n) is 3.86. The van der Waals surface area contributed by atoms with Crippen molar-refractivity contribution >= 4 is 23.0 Å². The highest BCUT2D eigenvalue weighted by atomic mass is 16.4. The van der Waals surface area contributed by atoms with Crippen molar-refractivity contribution in [3.8, 4) is 0 Å². The van der Waals surface area contributed by atoms with Gasteiger partial charge in [0.05, 0.1) is 6.04 Å². The Morgan fingerprint density at radius 1 is 1.11 bits per heavy atom. The van der Waals surface area contributed by atoms with Crippen LogP contribution in [0.4, 0.5) is 6.01 Å². The van der Waals surface area contributed by atoms with E-state index in [1.54, 1.807) is 0 Å². The highest BCUT2D eigenvalue weighted by Gasteiger charge is 2.28. The average Bonchev–Trinajstić information content (AvgIpc) is 3.36. The molecule has 1 N–H and O–H groups in total. The molecule has 1 aliphatic rings. The van der Waals surface area contributed by atoms with E-state index in [9.17, 15) is 4.79 Å². The second kappa shape index (κ2) is 8.91. The fourth-order valence-corrected chi connectivity index (χ4v) is 3.86. The largest absolute Gasteiger partial charge is 0.423 e. The number of carbonyl (C=O) groups is 1. The average molecular weight is 377 g/mol. The number of oxazole rings is 1. The maximum Gasteiger partial charge on any atom is 0.298 e. The van der Waals surface area contributed by atoms with Gasteiger partial charge < -0.3 is 14.6 Å². The first-order chi connectivity index (χ1) is 13.8. The molecule has 28 heavy (non-hydrogen) atoms. The molecule has 1 unspecified atom stereocenters. The van der Waals surface area contributed by atoms with Crippen LogP contribution in [-0.4, -0.2) is 30.0 Å². The molecular formula is C23H27N3O2. The van der Waals surface area contributed by atoms with Crippen LogP contribution in [0.25, 0.3) is 11.1 Å². The quantitative estimate of drug-likeness (QED) is 0.594. The number of nitrogens with zero attached hydrogens (tertiary/aromatic N) is 2. The van der Waals surface area contributed by atoms with E-state index in [-0.39, 0.29) is 11.9 Å². The molecule has 146 valence electrons. The Morgan fingerprint density at radius 2 is 1.93 bits per heavy atom. The number of fused-ring (bicyclic) bond motifs is 1.